The van der Waals surface area contributed by atoms with E-state index in [4.69, 9.17) is 5.73 Å². The molecule has 0 saturated carbocycles. The van der Waals surface area contributed by atoms with Gasteiger partial charge in [-0.05, 0) is 4.99 Å². The Morgan fingerprint density at radius 1 is 1.83 bits per heavy atom. The molecule has 0 spiro atoms. The van der Waals surface area contributed by atoms with Crippen LogP contribution in [0, 0.1) is 0 Å². The molecule has 0 aliphatic heterocycles. The molecule has 0 aromatic rings. The molecule has 0 saturated heterocycles. The van der Waals surface area contributed by atoms with Gasteiger partial charge in [-0.3, -0.25) is 0 Å². The zero-order valence-corrected chi connectivity index (χ0v) is 6.29. The third kappa shape index (κ3) is 2.87. The molecule has 0 fully saturated rings. The predicted molar refractivity (Wildman–Crippen MR) is 35.0 cm³/mol. The van der Waals surface area contributed by atoms with Crippen molar-refractivity contribution >= 4 is 31.9 Å². The van der Waals surface area contributed by atoms with E-state index in [2.05, 4.69) is 31.9 Å². The number of hydrogen-bond acceptors (Lipinski definition) is 1. The summed E-state index contributed by atoms with van der Waals surface area (Å²) in [6.45, 7) is 0.561. The van der Waals surface area contributed by atoms with Gasteiger partial charge in [0.1, 0.15) is 0 Å². The monoisotopic (exact) mass is 213 g/mol. The maximum Gasteiger partial charge on any atom is 0.0250 e. The number of halogens is 2. The van der Waals surface area contributed by atoms with E-state index in [1.165, 1.54) is 0 Å². The highest BCUT2D eigenvalue weighted by Crippen LogP contribution is 2.03. The fourth-order valence-electron chi connectivity index (χ4n) is 0.0445. The molecule has 0 amide bonds. The molecule has 1 nitrogen and oxygen atoms in total. The first-order chi connectivity index (χ1) is 2.81. The van der Waals surface area contributed by atoms with E-state index in [1.807, 2.05) is 0 Å². The highest BCUT2D eigenvalue weighted by atomic mass is 79.9. The first-order valence-electron chi connectivity index (χ1n) is 1.46. The van der Waals surface area contributed by atoms with Crippen molar-refractivity contribution in [3.05, 3.63) is 9.47 Å². The first kappa shape index (κ1) is 6.66. The van der Waals surface area contributed by atoms with Crippen molar-refractivity contribution in [2.24, 2.45) is 5.73 Å². The Bertz CT molecular complexity index is 59.8. The van der Waals surface area contributed by atoms with Gasteiger partial charge in [0.25, 0.3) is 0 Å². The van der Waals surface area contributed by atoms with Crippen molar-refractivity contribution in [2.75, 3.05) is 6.54 Å². The van der Waals surface area contributed by atoms with Crippen molar-refractivity contribution in [3.8, 4) is 0 Å². The average Bonchev–Trinajstić information content (AvgIpc) is 1.65. The van der Waals surface area contributed by atoms with Crippen LogP contribution in [0.5, 0.6) is 0 Å². The third-order valence-corrected chi connectivity index (χ3v) is 2.03. The topological polar surface area (TPSA) is 26.0 Å². The summed E-state index contributed by atoms with van der Waals surface area (Å²) in [5, 5.41) is 0. The van der Waals surface area contributed by atoms with Crippen molar-refractivity contribution < 1.29 is 0 Å². The second-order valence-corrected chi connectivity index (χ2v) is 2.24. The molecule has 0 radical (unpaired) electrons. The van der Waals surface area contributed by atoms with Gasteiger partial charge in [0.2, 0.25) is 0 Å². The molecule has 36 valence electrons. The van der Waals surface area contributed by atoms with Gasteiger partial charge >= 0.3 is 0 Å². The first-order valence-corrected chi connectivity index (χ1v) is 3.17. The summed E-state index contributed by atoms with van der Waals surface area (Å²) in [4.78, 5) is 1.74. The molecular weight excluding hydrogens is 210 g/mol. The fraction of sp³-hybridized carbons (Fsp3) is 0.333. The Morgan fingerprint density at radius 3 is 2.33 bits per heavy atom. The summed E-state index contributed by atoms with van der Waals surface area (Å²) in [6, 6.07) is 0. The largest absolute Gasteiger partial charge is 0.326 e. The summed E-state index contributed by atoms with van der Waals surface area (Å²) in [5.41, 5.74) is 5.14. The normalized spacial score (nSPS) is 12.2. The summed E-state index contributed by atoms with van der Waals surface area (Å²) in [6.07, 6.45) is 0. The quantitative estimate of drug-likeness (QED) is 0.705. The van der Waals surface area contributed by atoms with Crippen LogP contribution in [0.3, 0.4) is 0 Å². The molecule has 0 aliphatic rings. The SMILES string of the molecule is NCC(Br)=CBr. The van der Waals surface area contributed by atoms with Crippen LogP contribution in [-0.2, 0) is 0 Å². The van der Waals surface area contributed by atoms with Gasteiger partial charge in [-0.25, -0.2) is 0 Å². The average molecular weight is 215 g/mol. The summed E-state index contributed by atoms with van der Waals surface area (Å²) >= 11 is 6.25. The minimum absolute atomic E-state index is 0.561. The lowest BCUT2D eigenvalue weighted by Gasteiger charge is -1.81. The Kier molecular flexibility index (Phi) is 4.26. The lowest BCUT2D eigenvalue weighted by molar-refractivity contribution is 1.25. The summed E-state index contributed by atoms with van der Waals surface area (Å²) in [7, 11) is 0. The molecule has 6 heavy (non-hydrogen) atoms. The van der Waals surface area contributed by atoms with Gasteiger partial charge in [0, 0.05) is 11.0 Å². The number of rotatable bonds is 1. The molecule has 2 N–H and O–H groups in total. The second kappa shape index (κ2) is 3.84. The lowest BCUT2D eigenvalue weighted by Crippen LogP contribution is -1.95. The van der Waals surface area contributed by atoms with Crippen LogP contribution in [0.15, 0.2) is 9.47 Å². The van der Waals surface area contributed by atoms with E-state index < -0.39 is 0 Å². The van der Waals surface area contributed by atoms with E-state index in [-0.39, 0.29) is 0 Å². The van der Waals surface area contributed by atoms with Gasteiger partial charge in [0.15, 0.2) is 0 Å². The van der Waals surface area contributed by atoms with Crippen LogP contribution in [-0.4, -0.2) is 6.54 Å². The molecule has 0 bridgehead atoms. The summed E-state index contributed by atoms with van der Waals surface area (Å²) < 4.78 is 0.975. The molecule has 3 heteroatoms. The van der Waals surface area contributed by atoms with Crippen molar-refractivity contribution in [1.82, 2.24) is 0 Å². The van der Waals surface area contributed by atoms with Gasteiger partial charge in [-0.2, -0.15) is 0 Å². The predicted octanol–water partition coefficient (Wildman–Crippen LogP) is 1.58. The summed E-state index contributed by atoms with van der Waals surface area (Å²) in [5.74, 6) is 0. The minimum atomic E-state index is 0.561. The Balaban J connectivity index is 3.22. The van der Waals surface area contributed by atoms with Crippen molar-refractivity contribution in [1.29, 1.82) is 0 Å². The highest BCUT2D eigenvalue weighted by Gasteiger charge is 1.77. The molecule has 0 unspecified atom stereocenters. The van der Waals surface area contributed by atoms with Crippen LogP contribution < -0.4 is 5.73 Å². The van der Waals surface area contributed by atoms with Crippen LogP contribution in [0.2, 0.25) is 0 Å². The molecule has 0 atom stereocenters. The van der Waals surface area contributed by atoms with E-state index in [9.17, 15) is 0 Å². The maximum atomic E-state index is 5.14. The third-order valence-electron chi connectivity index (χ3n) is 0.313. The molecular formula is C3H5Br2N. The van der Waals surface area contributed by atoms with Crippen LogP contribution in [0.4, 0.5) is 0 Å². The minimum Gasteiger partial charge on any atom is -0.326 e. The van der Waals surface area contributed by atoms with Gasteiger partial charge in [0.05, 0.1) is 0 Å². The number of nitrogens with two attached hydrogens (primary N) is 1. The van der Waals surface area contributed by atoms with Crippen molar-refractivity contribution in [2.45, 2.75) is 0 Å². The second-order valence-electron chi connectivity index (χ2n) is 0.760. The molecule has 0 aromatic heterocycles. The number of hydrogen-bond donors (Lipinski definition) is 1. The fourth-order valence-corrected chi connectivity index (χ4v) is 0.231. The van der Waals surface area contributed by atoms with Crippen LogP contribution in [0.1, 0.15) is 0 Å². The van der Waals surface area contributed by atoms with E-state index in [0.717, 1.165) is 4.48 Å². The van der Waals surface area contributed by atoms with E-state index >= 15 is 0 Å². The van der Waals surface area contributed by atoms with Gasteiger partial charge in [-0.1, -0.05) is 31.9 Å². The Hall–Kier alpha value is 0.660. The Labute approximate surface area is 53.9 Å². The molecule has 0 aromatic carbocycles. The molecule has 0 rings (SSSR count). The zero-order valence-electron chi connectivity index (χ0n) is 3.12. The zero-order chi connectivity index (χ0) is 4.99. The highest BCUT2D eigenvalue weighted by molar-refractivity contribution is 9.14. The Morgan fingerprint density at radius 2 is 2.33 bits per heavy atom. The van der Waals surface area contributed by atoms with E-state index in [1.54, 1.807) is 4.99 Å². The maximum absolute atomic E-state index is 5.14. The van der Waals surface area contributed by atoms with Crippen molar-refractivity contribution in [3.63, 3.8) is 0 Å². The van der Waals surface area contributed by atoms with Gasteiger partial charge in [-0.15, -0.1) is 0 Å². The van der Waals surface area contributed by atoms with Gasteiger partial charge < -0.3 is 5.73 Å². The standard InChI is InChI=1S/C3H5Br2N/c4-1-3(5)2-6/h1H,2,6H2. The molecule has 0 aliphatic carbocycles. The van der Waals surface area contributed by atoms with Crippen LogP contribution >= 0.6 is 31.9 Å². The van der Waals surface area contributed by atoms with Crippen LogP contribution in [0.25, 0.3) is 0 Å². The van der Waals surface area contributed by atoms with E-state index in [0.29, 0.717) is 6.54 Å². The lowest BCUT2D eigenvalue weighted by atomic mass is 10.7. The smallest absolute Gasteiger partial charge is 0.0250 e. The molecule has 0 heterocycles.